The zero-order chi connectivity index (χ0) is 14.5. The summed E-state index contributed by atoms with van der Waals surface area (Å²) >= 11 is 0. The van der Waals surface area contributed by atoms with Crippen LogP contribution in [0.15, 0.2) is 18.3 Å². The predicted octanol–water partition coefficient (Wildman–Crippen LogP) is 2.46. The number of rotatable bonds is 7. The third kappa shape index (κ3) is 3.93. The minimum Gasteiger partial charge on any atom is -0.311 e. The van der Waals surface area contributed by atoms with E-state index in [2.05, 4.69) is 53.1 Å². The highest BCUT2D eigenvalue weighted by molar-refractivity contribution is 5.06. The first-order valence-corrected chi connectivity index (χ1v) is 7.32. The summed E-state index contributed by atoms with van der Waals surface area (Å²) in [6.45, 7) is 11.2. The first-order chi connectivity index (χ1) is 9.56. The number of aryl methyl sites for hydroxylation is 3. The molecule has 0 amide bonds. The molecule has 5 nitrogen and oxygen atoms in total. The van der Waals surface area contributed by atoms with Gasteiger partial charge in [-0.15, -0.1) is 0 Å². The summed E-state index contributed by atoms with van der Waals surface area (Å²) in [5, 5.41) is 12.4. The lowest BCUT2D eigenvalue weighted by molar-refractivity contribution is 0.511. The summed E-state index contributed by atoms with van der Waals surface area (Å²) in [5.41, 5.74) is 3.43. The lowest BCUT2D eigenvalue weighted by Gasteiger charge is -2.06. The molecule has 2 aromatic heterocycles. The van der Waals surface area contributed by atoms with Crippen molar-refractivity contribution in [3.63, 3.8) is 0 Å². The zero-order valence-electron chi connectivity index (χ0n) is 12.9. The van der Waals surface area contributed by atoms with Crippen LogP contribution in [0.1, 0.15) is 43.4 Å². The molecule has 2 rings (SSSR count). The summed E-state index contributed by atoms with van der Waals surface area (Å²) in [4.78, 5) is 0. The summed E-state index contributed by atoms with van der Waals surface area (Å²) in [5.74, 6) is 0. The highest BCUT2D eigenvalue weighted by atomic mass is 15.3. The summed E-state index contributed by atoms with van der Waals surface area (Å²) < 4.78 is 4.07. The molecule has 110 valence electrons. The molecule has 0 saturated carbocycles. The molecule has 0 atom stereocenters. The van der Waals surface area contributed by atoms with Gasteiger partial charge in [-0.1, -0.05) is 0 Å². The number of hydrogen-bond acceptors (Lipinski definition) is 3. The molecule has 5 heteroatoms. The van der Waals surface area contributed by atoms with Crippen molar-refractivity contribution in [1.29, 1.82) is 0 Å². The maximum absolute atomic E-state index is 4.52. The average Bonchev–Trinajstić information content (AvgIpc) is 2.96. The normalized spacial score (nSPS) is 11.4. The van der Waals surface area contributed by atoms with Gasteiger partial charge >= 0.3 is 0 Å². The number of aromatic nitrogens is 4. The Morgan fingerprint density at radius 3 is 2.65 bits per heavy atom. The van der Waals surface area contributed by atoms with Gasteiger partial charge in [-0.05, 0) is 52.8 Å². The van der Waals surface area contributed by atoms with Crippen LogP contribution in [0.4, 0.5) is 0 Å². The Bertz CT molecular complexity index is 538. The van der Waals surface area contributed by atoms with Crippen molar-refractivity contribution < 1.29 is 0 Å². The van der Waals surface area contributed by atoms with Crippen molar-refractivity contribution in [1.82, 2.24) is 24.9 Å². The Morgan fingerprint density at radius 2 is 2.05 bits per heavy atom. The second-order valence-electron chi connectivity index (χ2n) is 5.56. The van der Waals surface area contributed by atoms with Gasteiger partial charge in [0.2, 0.25) is 0 Å². The minimum atomic E-state index is 0.426. The van der Waals surface area contributed by atoms with E-state index >= 15 is 0 Å². The maximum Gasteiger partial charge on any atom is 0.0762 e. The first-order valence-electron chi connectivity index (χ1n) is 7.32. The van der Waals surface area contributed by atoms with Gasteiger partial charge in [0.25, 0.3) is 0 Å². The van der Waals surface area contributed by atoms with Crippen LogP contribution in [0.25, 0.3) is 0 Å². The van der Waals surface area contributed by atoms with E-state index in [1.165, 1.54) is 5.69 Å². The quantitative estimate of drug-likeness (QED) is 0.790. The third-order valence-corrected chi connectivity index (χ3v) is 3.33. The first kappa shape index (κ1) is 14.8. The molecule has 2 aromatic rings. The summed E-state index contributed by atoms with van der Waals surface area (Å²) in [6.07, 6.45) is 3.12. The fourth-order valence-corrected chi connectivity index (χ4v) is 2.23. The molecule has 0 bridgehead atoms. The lowest BCUT2D eigenvalue weighted by atomic mass is 10.3. The largest absolute Gasteiger partial charge is 0.311 e. The Kier molecular flexibility index (Phi) is 4.95. The van der Waals surface area contributed by atoms with E-state index in [9.17, 15) is 0 Å². The Labute approximate surface area is 121 Å². The van der Waals surface area contributed by atoms with Gasteiger partial charge in [-0.25, -0.2) is 0 Å². The standard InChI is InChI=1S/C15H25N5/c1-12(2)19-9-6-15(18-19)11-16-7-5-8-20-14(4)10-13(3)17-20/h6,9-10,12,16H,5,7-8,11H2,1-4H3. The van der Waals surface area contributed by atoms with Crippen LogP contribution < -0.4 is 5.32 Å². The lowest BCUT2D eigenvalue weighted by Crippen LogP contribution is -2.17. The second-order valence-corrected chi connectivity index (χ2v) is 5.56. The van der Waals surface area contributed by atoms with E-state index in [0.29, 0.717) is 6.04 Å². The molecule has 0 aromatic carbocycles. The number of nitrogens with zero attached hydrogens (tertiary/aromatic N) is 4. The van der Waals surface area contributed by atoms with Crippen molar-refractivity contribution >= 4 is 0 Å². The van der Waals surface area contributed by atoms with Gasteiger partial charge in [0.05, 0.1) is 11.4 Å². The van der Waals surface area contributed by atoms with Crippen molar-refractivity contribution in [2.45, 2.75) is 53.2 Å². The molecule has 0 aliphatic rings. The molecular formula is C15H25N5. The monoisotopic (exact) mass is 275 g/mol. The highest BCUT2D eigenvalue weighted by Gasteiger charge is 2.02. The molecular weight excluding hydrogens is 250 g/mol. The van der Waals surface area contributed by atoms with Gasteiger partial charge in [0.1, 0.15) is 0 Å². The van der Waals surface area contributed by atoms with Crippen molar-refractivity contribution in [2.75, 3.05) is 6.54 Å². The van der Waals surface area contributed by atoms with E-state index < -0.39 is 0 Å². The number of hydrogen-bond donors (Lipinski definition) is 1. The molecule has 0 aliphatic heterocycles. The van der Waals surface area contributed by atoms with Gasteiger partial charge in [-0.3, -0.25) is 9.36 Å². The zero-order valence-corrected chi connectivity index (χ0v) is 12.9. The Hall–Kier alpha value is -1.62. The van der Waals surface area contributed by atoms with Crippen molar-refractivity contribution in [3.8, 4) is 0 Å². The molecule has 1 N–H and O–H groups in total. The van der Waals surface area contributed by atoms with Crippen LogP contribution in [0.2, 0.25) is 0 Å². The molecule has 0 saturated heterocycles. The van der Waals surface area contributed by atoms with Crippen LogP contribution in [0, 0.1) is 13.8 Å². The molecule has 0 spiro atoms. The highest BCUT2D eigenvalue weighted by Crippen LogP contribution is 2.04. The fourth-order valence-electron chi connectivity index (χ4n) is 2.23. The number of nitrogens with one attached hydrogen (secondary N) is 1. The predicted molar refractivity (Wildman–Crippen MR) is 80.6 cm³/mol. The second kappa shape index (κ2) is 6.70. The van der Waals surface area contributed by atoms with E-state index in [1.54, 1.807) is 0 Å². The van der Waals surface area contributed by atoms with Gasteiger partial charge < -0.3 is 5.32 Å². The van der Waals surface area contributed by atoms with Crippen LogP contribution >= 0.6 is 0 Å². The fraction of sp³-hybridized carbons (Fsp3) is 0.600. The van der Waals surface area contributed by atoms with Crippen molar-refractivity contribution in [3.05, 3.63) is 35.4 Å². The summed E-state index contributed by atoms with van der Waals surface area (Å²) in [6, 6.07) is 4.62. The Morgan fingerprint density at radius 1 is 1.25 bits per heavy atom. The molecule has 2 heterocycles. The molecule has 20 heavy (non-hydrogen) atoms. The van der Waals surface area contributed by atoms with Crippen LogP contribution in [0.3, 0.4) is 0 Å². The van der Waals surface area contributed by atoms with Crippen LogP contribution in [-0.2, 0) is 13.1 Å². The average molecular weight is 275 g/mol. The molecule has 0 aliphatic carbocycles. The molecule has 0 radical (unpaired) electrons. The smallest absolute Gasteiger partial charge is 0.0762 e. The van der Waals surface area contributed by atoms with E-state index in [4.69, 9.17) is 0 Å². The van der Waals surface area contributed by atoms with Crippen LogP contribution in [0.5, 0.6) is 0 Å². The topological polar surface area (TPSA) is 47.7 Å². The summed E-state index contributed by atoms with van der Waals surface area (Å²) in [7, 11) is 0. The van der Waals surface area contributed by atoms with Gasteiger partial charge in [0.15, 0.2) is 0 Å². The van der Waals surface area contributed by atoms with E-state index in [1.807, 2.05) is 17.8 Å². The Balaban J connectivity index is 1.67. The van der Waals surface area contributed by atoms with Gasteiger partial charge in [-0.2, -0.15) is 10.2 Å². The minimum absolute atomic E-state index is 0.426. The SMILES string of the molecule is Cc1cc(C)n(CCCNCc2ccn(C(C)C)n2)n1. The van der Waals surface area contributed by atoms with E-state index in [-0.39, 0.29) is 0 Å². The third-order valence-electron chi connectivity index (χ3n) is 3.33. The van der Waals surface area contributed by atoms with E-state index in [0.717, 1.165) is 37.4 Å². The molecule has 0 fully saturated rings. The molecule has 0 unspecified atom stereocenters. The van der Waals surface area contributed by atoms with Crippen molar-refractivity contribution in [2.24, 2.45) is 0 Å². The van der Waals surface area contributed by atoms with Gasteiger partial charge in [0, 0.05) is 31.0 Å². The maximum atomic E-state index is 4.52. The van der Waals surface area contributed by atoms with Crippen LogP contribution in [-0.4, -0.2) is 26.1 Å².